The van der Waals surface area contributed by atoms with Crippen molar-refractivity contribution in [1.82, 2.24) is 5.01 Å². The minimum atomic E-state index is -0.933. The quantitative estimate of drug-likeness (QED) is 0.518. The van der Waals surface area contributed by atoms with Crippen LogP contribution in [-0.4, -0.2) is 28.9 Å². The molecule has 6 heteroatoms. The third kappa shape index (κ3) is 2.42. The van der Waals surface area contributed by atoms with Crippen LogP contribution >= 0.6 is 34.2 Å². The SMILES string of the molecule is Cc1ccc2ccc(I)cc2c1C1C(=O)C(Cl)=NN(C)C1=O. The Kier molecular flexibility index (Phi) is 3.94. The molecule has 0 fully saturated rings. The normalized spacial score (nSPS) is 18.8. The highest BCUT2D eigenvalue weighted by Crippen LogP contribution is 2.34. The number of likely N-dealkylation sites (N-methyl/N-ethyl adjacent to an activating group) is 1. The second kappa shape index (κ2) is 5.62. The first-order valence-corrected chi connectivity index (χ1v) is 8.10. The van der Waals surface area contributed by atoms with Crippen molar-refractivity contribution in [1.29, 1.82) is 0 Å². The van der Waals surface area contributed by atoms with Gasteiger partial charge in [0.15, 0.2) is 5.17 Å². The Morgan fingerprint density at radius 2 is 1.91 bits per heavy atom. The number of benzene rings is 2. The summed E-state index contributed by atoms with van der Waals surface area (Å²) in [4.78, 5) is 25.0. The van der Waals surface area contributed by atoms with Crippen LogP contribution in [-0.2, 0) is 9.59 Å². The van der Waals surface area contributed by atoms with Crippen LogP contribution in [0.3, 0.4) is 0 Å². The molecule has 0 aliphatic carbocycles. The van der Waals surface area contributed by atoms with Gasteiger partial charge in [-0.3, -0.25) is 9.59 Å². The van der Waals surface area contributed by atoms with E-state index < -0.39 is 11.7 Å². The van der Waals surface area contributed by atoms with E-state index >= 15 is 0 Å². The fourth-order valence-electron chi connectivity index (χ4n) is 2.71. The van der Waals surface area contributed by atoms with E-state index in [9.17, 15) is 9.59 Å². The van der Waals surface area contributed by atoms with Crippen LogP contribution in [0.2, 0.25) is 0 Å². The van der Waals surface area contributed by atoms with Gasteiger partial charge < -0.3 is 0 Å². The molecule has 2 aromatic carbocycles. The number of nitrogens with zero attached hydrogens (tertiary/aromatic N) is 2. The van der Waals surface area contributed by atoms with Crippen molar-refractivity contribution in [2.45, 2.75) is 12.8 Å². The Morgan fingerprint density at radius 1 is 1.23 bits per heavy atom. The first-order chi connectivity index (χ1) is 10.4. The highest BCUT2D eigenvalue weighted by Gasteiger charge is 2.39. The molecule has 0 saturated heterocycles. The van der Waals surface area contributed by atoms with Gasteiger partial charge in [0.1, 0.15) is 5.92 Å². The fourth-order valence-corrected chi connectivity index (χ4v) is 3.42. The lowest BCUT2D eigenvalue weighted by molar-refractivity contribution is -0.136. The van der Waals surface area contributed by atoms with E-state index in [1.165, 1.54) is 7.05 Å². The van der Waals surface area contributed by atoms with Crippen molar-refractivity contribution >= 4 is 61.8 Å². The minimum Gasteiger partial charge on any atom is -0.290 e. The molecule has 4 nitrogen and oxygen atoms in total. The molecule has 0 saturated carbocycles. The molecule has 1 aliphatic rings. The zero-order valence-corrected chi connectivity index (χ0v) is 14.8. The first-order valence-electron chi connectivity index (χ1n) is 6.65. The van der Waals surface area contributed by atoms with E-state index in [2.05, 4.69) is 27.7 Å². The summed E-state index contributed by atoms with van der Waals surface area (Å²) in [5.41, 5.74) is 1.60. The number of hydrazone groups is 1. The van der Waals surface area contributed by atoms with Gasteiger partial charge in [0.05, 0.1) is 0 Å². The zero-order chi connectivity index (χ0) is 16.0. The maximum Gasteiger partial charge on any atom is 0.258 e. The lowest BCUT2D eigenvalue weighted by atomic mass is 9.86. The Balaban J connectivity index is 2.32. The number of carbonyl (C=O) groups is 2. The van der Waals surface area contributed by atoms with Crippen LogP contribution < -0.4 is 0 Å². The number of hydrogen-bond acceptors (Lipinski definition) is 3. The van der Waals surface area contributed by atoms with Crippen LogP contribution in [0.1, 0.15) is 17.0 Å². The van der Waals surface area contributed by atoms with Crippen LogP contribution in [0.5, 0.6) is 0 Å². The highest BCUT2D eigenvalue weighted by molar-refractivity contribution is 14.1. The number of halogens is 2. The summed E-state index contributed by atoms with van der Waals surface area (Å²) in [6.45, 7) is 1.90. The molecule has 0 bridgehead atoms. The van der Waals surface area contributed by atoms with Crippen LogP contribution in [0.4, 0.5) is 0 Å². The molecule has 112 valence electrons. The summed E-state index contributed by atoms with van der Waals surface area (Å²) >= 11 is 8.13. The van der Waals surface area contributed by atoms with Gasteiger partial charge in [-0.05, 0) is 63.5 Å². The summed E-state index contributed by atoms with van der Waals surface area (Å²) in [6, 6.07) is 9.87. The Labute approximate surface area is 146 Å². The van der Waals surface area contributed by atoms with Gasteiger partial charge in [-0.2, -0.15) is 5.10 Å². The van der Waals surface area contributed by atoms with Gasteiger partial charge in [0.25, 0.3) is 5.91 Å². The molecule has 1 amide bonds. The van der Waals surface area contributed by atoms with Crippen molar-refractivity contribution in [3.8, 4) is 0 Å². The van der Waals surface area contributed by atoms with Crippen LogP contribution in [0.15, 0.2) is 35.4 Å². The molecule has 1 heterocycles. The molecule has 0 radical (unpaired) electrons. The van der Waals surface area contributed by atoms with Crippen LogP contribution in [0, 0.1) is 10.5 Å². The summed E-state index contributed by atoms with van der Waals surface area (Å²) in [7, 11) is 1.51. The van der Waals surface area contributed by atoms with Gasteiger partial charge in [-0.25, -0.2) is 5.01 Å². The van der Waals surface area contributed by atoms with Crippen molar-refractivity contribution < 1.29 is 9.59 Å². The van der Waals surface area contributed by atoms with Crippen molar-refractivity contribution in [2.75, 3.05) is 7.05 Å². The van der Waals surface area contributed by atoms with Gasteiger partial charge in [-0.1, -0.05) is 29.8 Å². The number of carbonyl (C=O) groups excluding carboxylic acids is 2. The van der Waals surface area contributed by atoms with E-state index in [0.717, 1.165) is 24.9 Å². The standard InChI is InChI=1S/C16H12ClIN2O2/c1-8-3-4-9-5-6-10(18)7-11(9)12(8)13-14(21)15(17)19-20(2)16(13)22/h3-7,13H,1-2H3. The number of Topliss-reactive ketones (excluding diaryl/α,β-unsaturated/α-hetero) is 1. The second-order valence-electron chi connectivity index (χ2n) is 5.21. The van der Waals surface area contributed by atoms with Gasteiger partial charge in [-0.15, -0.1) is 0 Å². The molecule has 0 N–H and O–H groups in total. The Hall–Kier alpha value is -1.47. The number of aryl methyl sites for hydroxylation is 1. The van der Waals surface area contributed by atoms with Crippen molar-refractivity contribution in [2.24, 2.45) is 5.10 Å². The predicted octanol–water partition coefficient (Wildman–Crippen LogP) is 3.43. The number of fused-ring (bicyclic) bond motifs is 1. The lowest BCUT2D eigenvalue weighted by Gasteiger charge is -2.26. The number of ketones is 1. The van der Waals surface area contributed by atoms with E-state index in [0.29, 0.717) is 5.56 Å². The van der Waals surface area contributed by atoms with Crippen molar-refractivity contribution in [3.05, 3.63) is 45.0 Å². The average Bonchev–Trinajstić information content (AvgIpc) is 2.47. The largest absolute Gasteiger partial charge is 0.290 e. The molecule has 1 unspecified atom stereocenters. The molecular weight excluding hydrogens is 415 g/mol. The van der Waals surface area contributed by atoms with Crippen LogP contribution in [0.25, 0.3) is 10.8 Å². The minimum absolute atomic E-state index is 0.158. The molecule has 1 aliphatic heterocycles. The summed E-state index contributed by atoms with van der Waals surface area (Å²) < 4.78 is 1.04. The average molecular weight is 427 g/mol. The number of amides is 1. The zero-order valence-electron chi connectivity index (χ0n) is 11.9. The second-order valence-corrected chi connectivity index (χ2v) is 6.82. The third-order valence-electron chi connectivity index (χ3n) is 3.80. The first kappa shape index (κ1) is 15.4. The maximum absolute atomic E-state index is 12.5. The monoisotopic (exact) mass is 426 g/mol. The molecule has 0 spiro atoms. The van der Waals surface area contributed by atoms with E-state index in [4.69, 9.17) is 11.6 Å². The molecule has 0 aromatic heterocycles. The predicted molar refractivity (Wildman–Crippen MR) is 95.2 cm³/mol. The topological polar surface area (TPSA) is 49.7 Å². The highest BCUT2D eigenvalue weighted by atomic mass is 127. The Bertz CT molecular complexity index is 842. The molecule has 1 atom stereocenters. The van der Waals surface area contributed by atoms with Gasteiger partial charge in [0, 0.05) is 10.6 Å². The van der Waals surface area contributed by atoms with E-state index in [1.807, 2.05) is 37.3 Å². The molecule has 2 aromatic rings. The molecule has 22 heavy (non-hydrogen) atoms. The third-order valence-corrected chi connectivity index (χ3v) is 4.73. The van der Waals surface area contributed by atoms with Gasteiger partial charge >= 0.3 is 0 Å². The molecular formula is C16H12ClIN2O2. The molecule has 3 rings (SSSR count). The summed E-state index contributed by atoms with van der Waals surface area (Å²) in [5, 5.41) is 6.63. The number of hydrogen-bond donors (Lipinski definition) is 0. The maximum atomic E-state index is 12.5. The smallest absolute Gasteiger partial charge is 0.258 e. The number of rotatable bonds is 1. The summed E-state index contributed by atoms with van der Waals surface area (Å²) in [5.74, 6) is -1.74. The summed E-state index contributed by atoms with van der Waals surface area (Å²) in [6.07, 6.45) is 0. The van der Waals surface area contributed by atoms with E-state index in [-0.39, 0.29) is 11.1 Å². The Morgan fingerprint density at radius 3 is 2.64 bits per heavy atom. The van der Waals surface area contributed by atoms with Crippen molar-refractivity contribution in [3.63, 3.8) is 0 Å². The van der Waals surface area contributed by atoms with Gasteiger partial charge in [0.2, 0.25) is 5.78 Å². The van der Waals surface area contributed by atoms with E-state index in [1.54, 1.807) is 0 Å². The fraction of sp³-hybridized carbons (Fsp3) is 0.188. The lowest BCUT2D eigenvalue weighted by Crippen LogP contribution is -2.40.